The number of aryl methyl sites for hydroxylation is 1. The van der Waals surface area contributed by atoms with Gasteiger partial charge < -0.3 is 39.9 Å². The van der Waals surface area contributed by atoms with Crippen LogP contribution in [0.1, 0.15) is 75.9 Å². The fourth-order valence-electron chi connectivity index (χ4n) is 10.1. The van der Waals surface area contributed by atoms with Crippen LogP contribution in [0.15, 0.2) is 70.7 Å². The number of phenolic OH excluding ortho intramolecular Hbond substituents is 1. The largest absolute Gasteiger partial charge is 0.507 e. The maximum Gasteiger partial charge on any atom is 0.254 e. The van der Waals surface area contributed by atoms with E-state index in [2.05, 4.69) is 45.7 Å². The van der Waals surface area contributed by atoms with Crippen molar-refractivity contribution in [1.82, 2.24) is 40.4 Å². The number of fused-ring (bicyclic) bond motifs is 3. The molecule has 4 N–H and O–H groups in total. The van der Waals surface area contributed by atoms with E-state index in [0.29, 0.717) is 35.0 Å². The van der Waals surface area contributed by atoms with E-state index < -0.39 is 18.1 Å². The first kappa shape index (κ1) is 44.6. The monoisotopic (exact) mass is 904 g/mol. The van der Waals surface area contributed by atoms with E-state index in [9.17, 15) is 19.8 Å². The lowest BCUT2D eigenvalue weighted by molar-refractivity contribution is -0.141. The average molecular weight is 905 g/mol. The molecule has 0 aliphatic carbocycles. The van der Waals surface area contributed by atoms with Gasteiger partial charge in [0.15, 0.2) is 11.6 Å². The Balaban J connectivity index is 0.756. The molecule has 2 aromatic carbocycles. The summed E-state index contributed by atoms with van der Waals surface area (Å²) < 4.78 is 12.1. The number of anilines is 2. The highest BCUT2D eigenvalue weighted by Crippen LogP contribution is 2.38. The molecular formula is C48H60N10O6S. The third-order valence-corrected chi connectivity index (χ3v) is 14.6. The number of nitrogens with zero attached hydrogens (tertiary/aromatic N) is 8. The van der Waals surface area contributed by atoms with Gasteiger partial charge in [-0.05, 0) is 87.1 Å². The number of carbonyl (C=O) groups excluding carboxylic acids is 2. The van der Waals surface area contributed by atoms with Crippen LogP contribution in [-0.2, 0) is 9.59 Å². The van der Waals surface area contributed by atoms with E-state index in [1.165, 1.54) is 4.90 Å². The quantitative estimate of drug-likeness (QED) is 0.113. The van der Waals surface area contributed by atoms with Gasteiger partial charge in [-0.2, -0.15) is 0 Å². The van der Waals surface area contributed by atoms with Crippen molar-refractivity contribution in [2.45, 2.75) is 96.2 Å². The number of aromatic hydroxyl groups is 1. The lowest BCUT2D eigenvalue weighted by Crippen LogP contribution is -2.61. The molecule has 4 aliphatic heterocycles. The average Bonchev–Trinajstić information content (AvgIpc) is 4.06. The Morgan fingerprint density at radius 3 is 2.51 bits per heavy atom. The van der Waals surface area contributed by atoms with Crippen molar-refractivity contribution in [2.24, 2.45) is 5.92 Å². The number of phenols is 1. The van der Waals surface area contributed by atoms with Gasteiger partial charge in [0, 0.05) is 63.4 Å². The van der Waals surface area contributed by atoms with Gasteiger partial charge in [-0.1, -0.05) is 50.2 Å². The van der Waals surface area contributed by atoms with Crippen LogP contribution in [0, 0.1) is 12.8 Å². The first-order valence-electron chi connectivity index (χ1n) is 23.0. The Bertz CT molecular complexity index is 2450. The predicted octanol–water partition coefficient (Wildman–Crippen LogP) is 5.70. The maximum absolute atomic E-state index is 14.3. The van der Waals surface area contributed by atoms with Gasteiger partial charge in [-0.15, -0.1) is 21.5 Å². The van der Waals surface area contributed by atoms with Crippen molar-refractivity contribution in [2.75, 3.05) is 62.6 Å². The van der Waals surface area contributed by atoms with Gasteiger partial charge in [-0.3, -0.25) is 19.4 Å². The number of likely N-dealkylation sites (tertiary alicyclic amines) is 2. The number of rotatable bonds is 13. The maximum atomic E-state index is 14.3. The molecule has 17 heteroatoms. The summed E-state index contributed by atoms with van der Waals surface area (Å²) >= 11 is 1.59. The molecule has 65 heavy (non-hydrogen) atoms. The van der Waals surface area contributed by atoms with Crippen molar-refractivity contribution >= 4 is 34.7 Å². The van der Waals surface area contributed by atoms with E-state index in [0.717, 1.165) is 91.9 Å². The Kier molecular flexibility index (Phi) is 13.1. The molecule has 9 rings (SSSR count). The van der Waals surface area contributed by atoms with Crippen LogP contribution in [0.5, 0.6) is 11.6 Å². The van der Waals surface area contributed by atoms with Crippen molar-refractivity contribution in [1.29, 1.82) is 0 Å². The van der Waals surface area contributed by atoms with E-state index >= 15 is 0 Å². The number of piperazine rings is 1. The summed E-state index contributed by atoms with van der Waals surface area (Å²) in [7, 11) is 0. The highest BCUT2D eigenvalue weighted by molar-refractivity contribution is 7.13. The molecule has 0 unspecified atom stereocenters. The molecule has 0 radical (unpaired) electrons. The predicted molar refractivity (Wildman–Crippen MR) is 249 cm³/mol. The molecule has 344 valence electrons. The highest BCUT2D eigenvalue weighted by atomic mass is 32.1. The lowest BCUT2D eigenvalue weighted by atomic mass is 9.91. The molecule has 16 nitrogen and oxygen atoms in total. The number of nitrogens with one attached hydrogen (secondary N) is 2. The van der Waals surface area contributed by atoms with Gasteiger partial charge in [0.05, 0.1) is 45.7 Å². The minimum absolute atomic E-state index is 0.0590. The lowest BCUT2D eigenvalue weighted by Gasteiger charge is -2.49. The standard InChI is InChI=1S/C48H60N10O6S/c1-28(2)44(48(62)58-26-36(59)20-40(58)47(61)51-30(4)32-10-12-33(13-11-32)45-31(5)50-27-65-45)42-22-43(54-64-42)63-29(3)24-55-16-14-34(15-17-55)56-18-19-57-35(25-56)23-49-46-39(57)21-38(52-53-46)37-8-6-7-9-41(37)60/h6-13,21-22,27-30,34-36,40,44,59-60H,14-20,23-26H2,1-5H3,(H,49,53)(H,51,61)/t29-,30+,35+,36-,40+,44-/m1/s1. The summed E-state index contributed by atoms with van der Waals surface area (Å²) in [6.45, 7) is 16.2. The van der Waals surface area contributed by atoms with Crippen molar-refractivity contribution in [3.05, 3.63) is 83.2 Å². The Morgan fingerprint density at radius 2 is 1.77 bits per heavy atom. The van der Waals surface area contributed by atoms with Crippen LogP contribution in [0.3, 0.4) is 0 Å². The number of thiazole rings is 1. The fraction of sp³-hybridized carbons (Fsp3) is 0.500. The first-order valence-corrected chi connectivity index (χ1v) is 23.8. The molecule has 3 saturated heterocycles. The smallest absolute Gasteiger partial charge is 0.254 e. The molecule has 6 atom stereocenters. The highest BCUT2D eigenvalue weighted by Gasteiger charge is 2.44. The number of aromatic nitrogens is 4. The zero-order valence-electron chi connectivity index (χ0n) is 37.8. The summed E-state index contributed by atoms with van der Waals surface area (Å²) in [5.41, 5.74) is 7.21. The Hall–Kier alpha value is -5.62. The van der Waals surface area contributed by atoms with Crippen molar-refractivity contribution in [3.8, 4) is 33.3 Å². The number of hydrogen-bond acceptors (Lipinski definition) is 15. The molecule has 4 aliphatic rings. The second kappa shape index (κ2) is 19.1. The van der Waals surface area contributed by atoms with Gasteiger partial charge in [0.1, 0.15) is 23.8 Å². The van der Waals surface area contributed by atoms with E-state index in [1.807, 2.05) is 82.6 Å². The Morgan fingerprint density at radius 1 is 0.985 bits per heavy atom. The van der Waals surface area contributed by atoms with Crippen LogP contribution in [0.25, 0.3) is 21.7 Å². The number of benzene rings is 2. The summed E-state index contributed by atoms with van der Waals surface area (Å²) in [5.74, 6) is 0.197. The molecule has 3 aromatic heterocycles. The normalized spacial score (nSPS) is 21.9. The number of hydrogen-bond donors (Lipinski definition) is 4. The number of piperidine rings is 1. The SMILES string of the molecule is Cc1ncsc1-c1ccc([C@H](C)NC(=O)[C@@H]2C[C@@H](O)CN2C(=O)[C@@H](c2cc(O[C@H](C)CN3CCC(N4CCN5c6cc(-c7ccccc7O)nnc6NC[C@H]5C4)CC3)no2)C(C)C)cc1. The third-order valence-electron chi connectivity index (χ3n) is 13.6. The number of aliphatic hydroxyl groups is 1. The van der Waals surface area contributed by atoms with Crippen molar-refractivity contribution < 1.29 is 29.1 Å². The number of para-hydroxylation sites is 1. The first-order chi connectivity index (χ1) is 31.4. The summed E-state index contributed by atoms with van der Waals surface area (Å²) in [6, 6.07) is 18.7. The van der Waals surface area contributed by atoms with Gasteiger partial charge in [0.2, 0.25) is 11.8 Å². The zero-order valence-corrected chi connectivity index (χ0v) is 38.6. The minimum Gasteiger partial charge on any atom is -0.507 e. The summed E-state index contributed by atoms with van der Waals surface area (Å²) in [6.07, 6.45) is 1.31. The van der Waals surface area contributed by atoms with Crippen LogP contribution in [0.2, 0.25) is 0 Å². The second-order valence-corrected chi connectivity index (χ2v) is 19.3. The molecule has 7 heterocycles. The second-order valence-electron chi connectivity index (χ2n) is 18.5. The Labute approximate surface area is 384 Å². The summed E-state index contributed by atoms with van der Waals surface area (Å²) in [5, 5.41) is 40.9. The molecule has 5 aromatic rings. The fourth-order valence-corrected chi connectivity index (χ4v) is 10.9. The van der Waals surface area contributed by atoms with Crippen LogP contribution < -0.4 is 20.3 Å². The molecule has 3 fully saturated rings. The van der Waals surface area contributed by atoms with Crippen LogP contribution in [0.4, 0.5) is 11.5 Å². The molecule has 0 bridgehead atoms. The van der Waals surface area contributed by atoms with Gasteiger partial charge in [0.25, 0.3) is 5.88 Å². The molecule has 2 amide bonds. The summed E-state index contributed by atoms with van der Waals surface area (Å²) in [4.78, 5) is 42.5. The molecular weight excluding hydrogens is 845 g/mol. The van der Waals surface area contributed by atoms with Gasteiger partial charge >= 0.3 is 0 Å². The molecule has 0 saturated carbocycles. The number of amides is 2. The number of carbonyl (C=O) groups is 2. The topological polar surface area (TPSA) is 186 Å². The number of aliphatic hydroxyl groups excluding tert-OH is 1. The molecule has 0 spiro atoms. The number of ether oxygens (including phenoxy) is 1. The zero-order chi connectivity index (χ0) is 45.4. The third kappa shape index (κ3) is 9.55. The van der Waals surface area contributed by atoms with Crippen molar-refractivity contribution in [3.63, 3.8) is 0 Å². The van der Waals surface area contributed by atoms with Crippen LogP contribution in [-0.4, -0.2) is 140 Å². The van der Waals surface area contributed by atoms with Gasteiger partial charge in [-0.25, -0.2) is 4.98 Å². The van der Waals surface area contributed by atoms with E-state index in [4.69, 9.17) is 9.26 Å². The number of β-amino-alcohol motifs (C(OH)–C–C–N with tert-alkyl or cyclic N) is 1. The van der Waals surface area contributed by atoms with Crippen LogP contribution >= 0.6 is 11.3 Å². The van der Waals surface area contributed by atoms with E-state index in [-0.39, 0.29) is 48.6 Å². The van der Waals surface area contributed by atoms with E-state index in [1.54, 1.807) is 29.5 Å². The minimum atomic E-state index is -0.824.